The molecular weight excluding hydrogens is 771 g/mol. The van der Waals surface area contributed by atoms with Gasteiger partial charge in [0.1, 0.15) is 0 Å². The first-order chi connectivity index (χ1) is 30.7. The summed E-state index contributed by atoms with van der Waals surface area (Å²) >= 11 is 1.85. The fourth-order valence-corrected chi connectivity index (χ4v) is 11.5. The third kappa shape index (κ3) is 5.14. The number of hydrogen-bond donors (Lipinski definition) is 0. The highest BCUT2D eigenvalue weighted by molar-refractivity contribution is 7.26. The Morgan fingerprint density at radius 2 is 0.758 bits per heavy atom. The van der Waals surface area contributed by atoms with Crippen molar-refractivity contribution in [3.05, 3.63) is 235 Å². The molecule has 2 aromatic heterocycles. The predicted molar refractivity (Wildman–Crippen MR) is 256 cm³/mol. The molecule has 3 nitrogen and oxygen atoms in total. The SMILES string of the molecule is c1ccc(-c2cccc(-c3nc(-c4ccc(-c5cccc6c5sc5ccccc56)cc4)nc(-c4ccc5c(c4)-c4ccccc4C54c5ccccc5-c5ccccc54)n3)c2)cc1. The molecule has 2 heterocycles. The second-order valence-corrected chi connectivity index (χ2v) is 17.3. The van der Waals surface area contributed by atoms with E-state index in [9.17, 15) is 0 Å². The maximum absolute atomic E-state index is 5.28. The molecule has 4 heteroatoms. The van der Waals surface area contributed by atoms with Gasteiger partial charge in [0.15, 0.2) is 17.5 Å². The molecule has 0 bridgehead atoms. The lowest BCUT2D eigenvalue weighted by Crippen LogP contribution is -2.25. The van der Waals surface area contributed by atoms with Gasteiger partial charge in [0, 0.05) is 36.9 Å². The van der Waals surface area contributed by atoms with Crippen molar-refractivity contribution >= 4 is 31.5 Å². The molecule has 9 aromatic carbocycles. The number of rotatable bonds is 5. The minimum absolute atomic E-state index is 0.410. The summed E-state index contributed by atoms with van der Waals surface area (Å²) in [6.07, 6.45) is 0. The molecule has 0 radical (unpaired) electrons. The Labute approximate surface area is 363 Å². The molecule has 0 aliphatic heterocycles. The van der Waals surface area contributed by atoms with E-state index >= 15 is 0 Å². The minimum atomic E-state index is -0.410. The zero-order valence-corrected chi connectivity index (χ0v) is 34.3. The van der Waals surface area contributed by atoms with Crippen molar-refractivity contribution in [2.24, 2.45) is 0 Å². The lowest BCUT2D eigenvalue weighted by atomic mass is 9.70. The smallest absolute Gasteiger partial charge is 0.164 e. The van der Waals surface area contributed by atoms with Crippen LogP contribution in [-0.4, -0.2) is 15.0 Å². The summed E-state index contributed by atoms with van der Waals surface area (Å²) in [7, 11) is 0. The van der Waals surface area contributed by atoms with Crippen LogP contribution in [-0.2, 0) is 5.41 Å². The lowest BCUT2D eigenvalue weighted by molar-refractivity contribution is 0.794. The molecule has 0 saturated heterocycles. The molecule has 0 fully saturated rings. The van der Waals surface area contributed by atoms with E-state index in [4.69, 9.17) is 15.0 Å². The zero-order valence-electron chi connectivity index (χ0n) is 33.5. The molecule has 288 valence electrons. The Bertz CT molecular complexity index is 3540. The molecule has 1 spiro atoms. The third-order valence-electron chi connectivity index (χ3n) is 13.0. The molecule has 62 heavy (non-hydrogen) atoms. The quantitative estimate of drug-likeness (QED) is 0.174. The summed E-state index contributed by atoms with van der Waals surface area (Å²) in [5.74, 6) is 1.92. The van der Waals surface area contributed by atoms with E-state index in [-0.39, 0.29) is 0 Å². The van der Waals surface area contributed by atoms with Gasteiger partial charge in [0.2, 0.25) is 0 Å². The Hall–Kier alpha value is -7.79. The van der Waals surface area contributed by atoms with Crippen LogP contribution in [0.4, 0.5) is 0 Å². The van der Waals surface area contributed by atoms with Crippen molar-refractivity contribution in [2.75, 3.05) is 0 Å². The molecule has 2 aliphatic carbocycles. The summed E-state index contributed by atoms with van der Waals surface area (Å²) in [5, 5.41) is 2.59. The van der Waals surface area contributed by atoms with Crippen LogP contribution in [0.25, 0.3) is 98.8 Å². The van der Waals surface area contributed by atoms with Crippen molar-refractivity contribution in [1.29, 1.82) is 0 Å². The van der Waals surface area contributed by atoms with Gasteiger partial charge < -0.3 is 0 Å². The molecule has 0 saturated carbocycles. The van der Waals surface area contributed by atoms with Gasteiger partial charge in [-0.1, -0.05) is 194 Å². The molecule has 2 aliphatic rings. The van der Waals surface area contributed by atoms with E-state index in [0.29, 0.717) is 17.5 Å². The Morgan fingerprint density at radius 1 is 0.290 bits per heavy atom. The molecular formula is C58H35N3S. The van der Waals surface area contributed by atoms with Crippen LogP contribution in [0.5, 0.6) is 0 Å². The fraction of sp³-hybridized carbons (Fsp3) is 0.0172. The van der Waals surface area contributed by atoms with E-state index in [1.165, 1.54) is 70.2 Å². The van der Waals surface area contributed by atoms with Crippen molar-refractivity contribution < 1.29 is 0 Å². The van der Waals surface area contributed by atoms with E-state index in [1.54, 1.807) is 0 Å². The number of thiophene rings is 1. The Morgan fingerprint density at radius 3 is 1.47 bits per heavy atom. The van der Waals surface area contributed by atoms with E-state index < -0.39 is 5.41 Å². The number of fused-ring (bicyclic) bond motifs is 13. The third-order valence-corrected chi connectivity index (χ3v) is 14.2. The van der Waals surface area contributed by atoms with Gasteiger partial charge in [-0.05, 0) is 85.0 Å². The molecule has 0 unspecified atom stereocenters. The molecule has 11 aromatic rings. The maximum atomic E-state index is 5.28. The summed E-state index contributed by atoms with van der Waals surface area (Å²) in [4.78, 5) is 15.8. The van der Waals surface area contributed by atoms with Crippen LogP contribution >= 0.6 is 11.3 Å². The van der Waals surface area contributed by atoms with Crippen LogP contribution in [0, 0.1) is 0 Å². The van der Waals surface area contributed by atoms with E-state index in [2.05, 4.69) is 206 Å². The maximum Gasteiger partial charge on any atom is 0.164 e. The van der Waals surface area contributed by atoms with Gasteiger partial charge in [-0.2, -0.15) is 0 Å². The highest BCUT2D eigenvalue weighted by atomic mass is 32.1. The van der Waals surface area contributed by atoms with Gasteiger partial charge in [0.25, 0.3) is 0 Å². The van der Waals surface area contributed by atoms with Crippen molar-refractivity contribution in [1.82, 2.24) is 15.0 Å². The largest absolute Gasteiger partial charge is 0.208 e. The second kappa shape index (κ2) is 13.6. The fourth-order valence-electron chi connectivity index (χ4n) is 10.2. The first-order valence-corrected chi connectivity index (χ1v) is 21.9. The summed E-state index contributed by atoms with van der Waals surface area (Å²) < 4.78 is 2.60. The number of aromatic nitrogens is 3. The van der Waals surface area contributed by atoms with Crippen LogP contribution < -0.4 is 0 Å². The number of hydrogen-bond acceptors (Lipinski definition) is 4. The first kappa shape index (κ1) is 35.0. The monoisotopic (exact) mass is 805 g/mol. The average molecular weight is 806 g/mol. The van der Waals surface area contributed by atoms with Crippen LogP contribution in [0.2, 0.25) is 0 Å². The highest BCUT2D eigenvalue weighted by Crippen LogP contribution is 2.63. The standard InChI is InChI=1S/C58H35N3S/c1-2-14-36(15-3-1)39-16-12-17-40(34-39)56-59-55(38-30-28-37(29-31-38)42-22-13-23-47-46-21-7-11-27-53(46)62-54(42)47)60-57(61-56)41-32-33-52-48(35-41)45-20-6-10-26-51(45)58(52)49-24-8-4-18-43(49)44-19-5-9-25-50(44)58/h1-35H. The molecule has 13 rings (SSSR count). The van der Waals surface area contributed by atoms with Gasteiger partial charge in [-0.15, -0.1) is 11.3 Å². The minimum Gasteiger partial charge on any atom is -0.208 e. The predicted octanol–water partition coefficient (Wildman–Crippen LogP) is 14.9. The summed E-state index contributed by atoms with van der Waals surface area (Å²) in [5.41, 5.74) is 17.4. The van der Waals surface area contributed by atoms with Crippen molar-refractivity contribution in [3.63, 3.8) is 0 Å². The lowest BCUT2D eigenvalue weighted by Gasteiger charge is -2.30. The topological polar surface area (TPSA) is 38.7 Å². The normalized spacial score (nSPS) is 13.0. The number of benzene rings is 9. The average Bonchev–Trinajstić information content (AvgIpc) is 3.98. The number of nitrogens with zero attached hydrogens (tertiary/aromatic N) is 3. The van der Waals surface area contributed by atoms with E-state index in [0.717, 1.165) is 33.4 Å². The van der Waals surface area contributed by atoms with Crippen molar-refractivity contribution in [3.8, 4) is 78.7 Å². The molecule has 0 amide bonds. The van der Waals surface area contributed by atoms with Gasteiger partial charge in [0.05, 0.1) is 5.41 Å². The van der Waals surface area contributed by atoms with Crippen LogP contribution in [0.3, 0.4) is 0 Å². The molecule has 0 N–H and O–H groups in total. The van der Waals surface area contributed by atoms with Gasteiger partial charge >= 0.3 is 0 Å². The van der Waals surface area contributed by atoms with Gasteiger partial charge in [-0.25, -0.2) is 15.0 Å². The Kier molecular flexibility index (Phi) is 7.69. The molecule has 0 atom stereocenters. The second-order valence-electron chi connectivity index (χ2n) is 16.3. The Balaban J connectivity index is 0.976. The first-order valence-electron chi connectivity index (χ1n) is 21.1. The van der Waals surface area contributed by atoms with Crippen LogP contribution in [0.1, 0.15) is 22.3 Å². The summed E-state index contributed by atoms with van der Waals surface area (Å²) in [6.45, 7) is 0. The van der Waals surface area contributed by atoms with Crippen molar-refractivity contribution in [2.45, 2.75) is 5.41 Å². The van der Waals surface area contributed by atoms with Gasteiger partial charge in [-0.3, -0.25) is 0 Å². The highest BCUT2D eigenvalue weighted by Gasteiger charge is 2.51. The summed E-state index contributed by atoms with van der Waals surface area (Å²) in [6, 6.07) is 76.6. The zero-order chi connectivity index (χ0) is 40.8. The van der Waals surface area contributed by atoms with Crippen LogP contribution in [0.15, 0.2) is 212 Å². The van der Waals surface area contributed by atoms with E-state index in [1.807, 2.05) is 17.4 Å².